The molecule has 0 unspecified atom stereocenters. The van der Waals surface area contributed by atoms with Gasteiger partial charge in [-0.15, -0.1) is 0 Å². The topological polar surface area (TPSA) is 26.0 Å². The molecule has 1 nitrogen and oxygen atoms in total. The fourth-order valence-corrected chi connectivity index (χ4v) is 1.50. The lowest BCUT2D eigenvalue weighted by Crippen LogP contribution is -2.35. The molecule has 0 aliphatic heterocycles. The van der Waals surface area contributed by atoms with Crippen molar-refractivity contribution in [1.29, 1.82) is 0 Å². The molecule has 1 rings (SSSR count). The summed E-state index contributed by atoms with van der Waals surface area (Å²) in [5, 5.41) is 0. The van der Waals surface area contributed by atoms with E-state index in [2.05, 4.69) is 0 Å². The minimum absolute atomic E-state index is 0.528. The van der Waals surface area contributed by atoms with Gasteiger partial charge in [-0.25, -0.2) is 8.78 Å². The van der Waals surface area contributed by atoms with Gasteiger partial charge in [0.2, 0.25) is 0 Å². The highest BCUT2D eigenvalue weighted by Crippen LogP contribution is 2.26. The van der Waals surface area contributed by atoms with Crippen molar-refractivity contribution in [1.82, 2.24) is 0 Å². The maximum absolute atomic E-state index is 12.9. The fourth-order valence-electron chi connectivity index (χ4n) is 1.50. The summed E-state index contributed by atoms with van der Waals surface area (Å²) in [5.74, 6) is -1.14. The lowest BCUT2D eigenvalue weighted by atomic mass is 9.86. The Morgan fingerprint density at radius 2 is 1.50 bits per heavy atom. The number of rotatable bonds is 3. The van der Waals surface area contributed by atoms with Crippen LogP contribution in [0.3, 0.4) is 0 Å². The first-order valence-electron chi connectivity index (χ1n) is 4.77. The number of halogens is 2. The zero-order valence-corrected chi connectivity index (χ0v) is 8.48. The average Bonchev–Trinajstić information content (AvgIpc) is 2.15. The van der Waals surface area contributed by atoms with Gasteiger partial charge >= 0.3 is 0 Å². The molecule has 0 saturated carbocycles. The zero-order chi connectivity index (χ0) is 10.8. The zero-order valence-electron chi connectivity index (χ0n) is 8.48. The van der Waals surface area contributed by atoms with E-state index in [0.717, 1.165) is 6.07 Å². The van der Waals surface area contributed by atoms with E-state index in [-0.39, 0.29) is 0 Å². The molecule has 0 aliphatic rings. The largest absolute Gasteiger partial charge is 0.321 e. The Balaban J connectivity index is 3.17. The summed E-state index contributed by atoms with van der Waals surface area (Å²) in [6, 6.07) is 3.46. The van der Waals surface area contributed by atoms with Crippen LogP contribution in [0.2, 0.25) is 0 Å². The van der Waals surface area contributed by atoms with Crippen molar-refractivity contribution in [3.8, 4) is 0 Å². The highest BCUT2D eigenvalue weighted by molar-refractivity contribution is 5.25. The third-order valence-corrected chi connectivity index (χ3v) is 2.70. The van der Waals surface area contributed by atoms with Crippen LogP contribution in [0, 0.1) is 11.6 Å². The number of nitrogens with two attached hydrogens (primary N) is 1. The van der Waals surface area contributed by atoms with Crippen LogP contribution < -0.4 is 5.73 Å². The molecule has 0 saturated heterocycles. The lowest BCUT2D eigenvalue weighted by molar-refractivity contribution is 0.407. The molecule has 1 aromatic rings. The molecular formula is C11H15F2N. The lowest BCUT2D eigenvalue weighted by Gasteiger charge is -2.27. The highest BCUT2D eigenvalue weighted by atomic mass is 19.1. The van der Waals surface area contributed by atoms with Crippen LogP contribution in [0.15, 0.2) is 18.2 Å². The number of hydrogen-bond donors (Lipinski definition) is 1. The molecule has 1 aromatic carbocycles. The van der Waals surface area contributed by atoms with Crippen LogP contribution in [0.1, 0.15) is 32.3 Å². The molecule has 0 atom stereocenters. The number of benzene rings is 1. The van der Waals surface area contributed by atoms with Gasteiger partial charge in [-0.1, -0.05) is 13.8 Å². The highest BCUT2D eigenvalue weighted by Gasteiger charge is 2.23. The molecule has 78 valence electrons. The SMILES string of the molecule is CCC(N)(CC)c1cc(F)cc(F)c1. The summed E-state index contributed by atoms with van der Waals surface area (Å²) < 4.78 is 25.9. The van der Waals surface area contributed by atoms with E-state index < -0.39 is 17.2 Å². The van der Waals surface area contributed by atoms with Gasteiger partial charge in [0.1, 0.15) is 11.6 Å². The molecule has 0 spiro atoms. The quantitative estimate of drug-likeness (QED) is 0.795. The maximum Gasteiger partial charge on any atom is 0.126 e. The molecule has 14 heavy (non-hydrogen) atoms. The van der Waals surface area contributed by atoms with Crippen molar-refractivity contribution < 1.29 is 8.78 Å². The van der Waals surface area contributed by atoms with Crippen LogP contribution in [-0.4, -0.2) is 0 Å². The second-order valence-electron chi connectivity index (χ2n) is 3.52. The van der Waals surface area contributed by atoms with E-state index in [4.69, 9.17) is 5.73 Å². The van der Waals surface area contributed by atoms with Crippen LogP contribution >= 0.6 is 0 Å². The first-order valence-corrected chi connectivity index (χ1v) is 4.77. The third-order valence-electron chi connectivity index (χ3n) is 2.70. The molecule has 0 heterocycles. The van der Waals surface area contributed by atoms with E-state index >= 15 is 0 Å². The Hall–Kier alpha value is -0.960. The monoisotopic (exact) mass is 199 g/mol. The van der Waals surface area contributed by atoms with Gasteiger partial charge in [-0.05, 0) is 30.5 Å². The molecule has 0 aromatic heterocycles. The van der Waals surface area contributed by atoms with E-state index in [0.29, 0.717) is 18.4 Å². The van der Waals surface area contributed by atoms with E-state index in [1.165, 1.54) is 12.1 Å². The molecule has 0 amide bonds. The maximum atomic E-state index is 12.9. The minimum atomic E-state index is -0.622. The Bertz CT molecular complexity index is 299. The van der Waals surface area contributed by atoms with Gasteiger partial charge in [-0.2, -0.15) is 0 Å². The fraction of sp³-hybridized carbons (Fsp3) is 0.455. The van der Waals surface area contributed by atoms with Gasteiger partial charge in [0.25, 0.3) is 0 Å². The van der Waals surface area contributed by atoms with Gasteiger partial charge in [-0.3, -0.25) is 0 Å². The predicted octanol–water partition coefficient (Wildman–Crippen LogP) is 2.94. The molecule has 0 fully saturated rings. The van der Waals surface area contributed by atoms with Gasteiger partial charge < -0.3 is 5.73 Å². The van der Waals surface area contributed by atoms with E-state index in [9.17, 15) is 8.78 Å². The first-order chi connectivity index (χ1) is 6.51. The van der Waals surface area contributed by atoms with E-state index in [1.807, 2.05) is 13.8 Å². The Kier molecular flexibility index (Phi) is 3.21. The third kappa shape index (κ3) is 2.10. The van der Waals surface area contributed by atoms with Crippen molar-refractivity contribution in [2.24, 2.45) is 5.73 Å². The van der Waals surface area contributed by atoms with Crippen LogP contribution in [-0.2, 0) is 5.54 Å². The minimum Gasteiger partial charge on any atom is -0.321 e. The molecule has 0 radical (unpaired) electrons. The van der Waals surface area contributed by atoms with Crippen LogP contribution in [0.4, 0.5) is 8.78 Å². The summed E-state index contributed by atoms with van der Waals surface area (Å²) in [6.07, 6.45) is 1.32. The van der Waals surface area contributed by atoms with Crippen LogP contribution in [0.25, 0.3) is 0 Å². The molecule has 0 aliphatic carbocycles. The molecule has 3 heteroatoms. The second kappa shape index (κ2) is 4.05. The van der Waals surface area contributed by atoms with Gasteiger partial charge in [0.05, 0.1) is 0 Å². The summed E-state index contributed by atoms with van der Waals surface area (Å²) in [6.45, 7) is 3.82. The smallest absolute Gasteiger partial charge is 0.126 e. The summed E-state index contributed by atoms with van der Waals surface area (Å²) in [5.41, 5.74) is 5.93. The second-order valence-corrected chi connectivity index (χ2v) is 3.52. The van der Waals surface area contributed by atoms with Crippen molar-refractivity contribution in [2.75, 3.05) is 0 Å². The van der Waals surface area contributed by atoms with Crippen LogP contribution in [0.5, 0.6) is 0 Å². The van der Waals surface area contributed by atoms with Crippen molar-refractivity contribution >= 4 is 0 Å². The molecule has 0 bridgehead atoms. The molecular weight excluding hydrogens is 184 g/mol. The Labute approximate surface area is 82.9 Å². The first kappa shape index (κ1) is 11.1. The van der Waals surface area contributed by atoms with Gasteiger partial charge in [0, 0.05) is 11.6 Å². The van der Waals surface area contributed by atoms with Gasteiger partial charge in [0.15, 0.2) is 0 Å². The summed E-state index contributed by atoms with van der Waals surface area (Å²) in [7, 11) is 0. The van der Waals surface area contributed by atoms with E-state index in [1.54, 1.807) is 0 Å². The number of hydrogen-bond acceptors (Lipinski definition) is 1. The van der Waals surface area contributed by atoms with Crippen molar-refractivity contribution in [3.63, 3.8) is 0 Å². The Morgan fingerprint density at radius 3 is 1.86 bits per heavy atom. The normalized spacial score (nSPS) is 11.8. The summed E-state index contributed by atoms with van der Waals surface area (Å²) in [4.78, 5) is 0. The standard InChI is InChI=1S/C11H15F2N/c1-3-11(14,4-2)8-5-9(12)7-10(13)6-8/h5-7H,3-4,14H2,1-2H3. The van der Waals surface area contributed by atoms with Crippen molar-refractivity contribution in [3.05, 3.63) is 35.4 Å². The average molecular weight is 199 g/mol. The Morgan fingerprint density at radius 1 is 1.07 bits per heavy atom. The molecule has 2 N–H and O–H groups in total. The van der Waals surface area contributed by atoms with Crippen molar-refractivity contribution in [2.45, 2.75) is 32.2 Å². The summed E-state index contributed by atoms with van der Waals surface area (Å²) >= 11 is 0. The predicted molar refractivity (Wildman–Crippen MR) is 52.8 cm³/mol.